The van der Waals surface area contributed by atoms with Crippen LogP contribution in [-0.2, 0) is 45.4 Å². The molecular weight excluding hydrogens is 1130 g/mol. The van der Waals surface area contributed by atoms with Crippen LogP contribution in [0.4, 0.5) is 106 Å². The van der Waals surface area contributed by atoms with Gasteiger partial charge in [0.15, 0.2) is 23.1 Å². The third-order valence-electron chi connectivity index (χ3n) is 9.21. The molecule has 442 valence electrons. The first-order valence-electron chi connectivity index (χ1n) is 20.2. The zero-order valence-corrected chi connectivity index (χ0v) is 38.3. The summed E-state index contributed by atoms with van der Waals surface area (Å²) in [6.45, 7) is -0.182. The van der Waals surface area contributed by atoms with Crippen LogP contribution in [-0.4, -0.2) is 115 Å². The molecule has 0 fully saturated rings. The molecule has 0 amide bonds. The number of aryl methyl sites for hydroxylation is 1. The Hall–Kier alpha value is -7.32. The Morgan fingerprint density at radius 2 is 0.692 bits per heavy atom. The molecule has 40 heteroatoms. The fraction of sp³-hybridized carbons (Fsp3) is 0.579. The maximum absolute atomic E-state index is 12.6. The number of carbonyl (C=O) groups excluding carboxylic acids is 4. The van der Waals surface area contributed by atoms with Crippen LogP contribution in [0.15, 0.2) is 59.9 Å². The number of Topliss-reactive ketones (excluding diaryl/α,β-unsaturated/α-hetero) is 4. The van der Waals surface area contributed by atoms with Gasteiger partial charge in [-0.05, 0) is 6.92 Å². The Balaban J connectivity index is 0. The van der Waals surface area contributed by atoms with E-state index in [-0.39, 0.29) is 31.8 Å². The SMILES string of the molecule is C.Cc1nccn1CC(=O)CCC(F)(F)C(F)(F)[18F].O=C(CCC(F)(F)C(F)(F)[18F])Cn1ccnc1NO.O=Nc1nccn1CC(=O)CCC(F)(F)C(F)(F)[18F].O=Nc1nccn1CC(=O)CCC(F)(F)C(F)(F)[18F].O=O. The average Bonchev–Trinajstić information content (AvgIpc) is 4.15. The molecule has 0 aliphatic rings. The number of nitroso groups, excluding NO2 is 2. The second-order valence-electron chi connectivity index (χ2n) is 14.9. The number of nitrogens with one attached hydrogen (secondary N) is 1. The molecule has 0 saturated heterocycles. The normalized spacial score (nSPS) is 12.1. The number of ketones is 4. The number of nitrogens with zero attached hydrogens (tertiary/aromatic N) is 10. The summed E-state index contributed by atoms with van der Waals surface area (Å²) in [7, 11) is 0. The molecule has 0 spiro atoms. The number of alkyl halides is 20. The van der Waals surface area contributed by atoms with Crippen molar-refractivity contribution in [1.82, 2.24) is 38.2 Å². The number of halogens is 20. The van der Waals surface area contributed by atoms with E-state index in [4.69, 9.17) is 15.1 Å². The van der Waals surface area contributed by atoms with Crippen molar-refractivity contribution in [2.24, 2.45) is 10.4 Å². The number of hydrogen-bond donors (Lipinski definition) is 2. The van der Waals surface area contributed by atoms with Gasteiger partial charge in [-0.15, -0.1) is 9.81 Å². The second-order valence-corrected chi connectivity index (χ2v) is 14.9. The molecule has 0 saturated carbocycles. The summed E-state index contributed by atoms with van der Waals surface area (Å²) in [5.41, 5.74) is 1.65. The van der Waals surface area contributed by atoms with Gasteiger partial charge in [-0.3, -0.25) is 24.4 Å². The molecular formula is C38H41F20N11O9. The van der Waals surface area contributed by atoms with Crippen molar-refractivity contribution in [3.63, 3.8) is 0 Å². The molecule has 4 rings (SSSR count). The van der Waals surface area contributed by atoms with Crippen LogP contribution in [0.2, 0.25) is 0 Å². The smallest absolute Gasteiger partial charge is 0.328 e. The van der Waals surface area contributed by atoms with E-state index < -0.39 is 143 Å². The lowest BCUT2D eigenvalue weighted by molar-refractivity contribution is -0.284. The van der Waals surface area contributed by atoms with Gasteiger partial charge in [-0.25, -0.2) is 25.4 Å². The van der Waals surface area contributed by atoms with Crippen molar-refractivity contribution in [2.45, 2.75) is 140 Å². The third-order valence-corrected chi connectivity index (χ3v) is 9.21. The molecule has 20 nitrogen and oxygen atoms in total. The third kappa shape index (κ3) is 23.9. The predicted molar refractivity (Wildman–Crippen MR) is 224 cm³/mol. The van der Waals surface area contributed by atoms with Gasteiger partial charge in [0.05, 0.1) is 26.2 Å². The van der Waals surface area contributed by atoms with Crippen LogP contribution in [0.25, 0.3) is 0 Å². The van der Waals surface area contributed by atoms with Gasteiger partial charge in [-0.2, -0.15) is 87.8 Å². The highest BCUT2D eigenvalue weighted by Crippen LogP contribution is 2.41. The minimum Gasteiger partial charge on any atom is -0.328 e. The van der Waals surface area contributed by atoms with Gasteiger partial charge in [0.2, 0.25) is 5.95 Å². The summed E-state index contributed by atoms with van der Waals surface area (Å²) in [5.74, 6) is -23.2. The van der Waals surface area contributed by atoms with Crippen molar-refractivity contribution >= 4 is 41.0 Å². The molecule has 0 unspecified atom stereocenters. The standard InChI is InChI=1S/C10H11F5N2O.C9H10F5N3O2.2C9H8F5N3O2.CH4.O2/c1-7-16-4-5-17(7)6-8(18)2-3-9(11,12)10(13,14)15;3*10-8(11,9(12,13)14)2-1-6(18)5-17-4-3-15-7(17)16-19;;1-2/h4-5H,2-3,6H2,1H3;3-4,19H,1-2,5H2,(H,15,16);2*3-4H,1-2,5H2;1H4;/i13-1;3*12-1;;. The molecule has 0 bridgehead atoms. The van der Waals surface area contributed by atoms with E-state index in [1.807, 2.05) is 0 Å². The average molecular weight is 1170 g/mol. The van der Waals surface area contributed by atoms with E-state index in [9.17, 15) is 117 Å². The topological polar surface area (TPSA) is 265 Å². The maximum Gasteiger partial charge on any atom is 0.453 e. The Kier molecular flexibility index (Phi) is 28.5. The molecule has 4 aromatic heterocycles. The van der Waals surface area contributed by atoms with E-state index in [2.05, 4.69) is 30.3 Å². The summed E-state index contributed by atoms with van der Waals surface area (Å²) >= 11 is 0. The van der Waals surface area contributed by atoms with E-state index in [0.29, 0.717) is 5.82 Å². The molecule has 4 heterocycles. The number of aromatic nitrogens is 8. The van der Waals surface area contributed by atoms with Crippen LogP contribution >= 0.6 is 0 Å². The Morgan fingerprint density at radius 1 is 0.449 bits per heavy atom. The largest absolute Gasteiger partial charge is 0.453 e. The minimum absolute atomic E-state index is 0. The van der Waals surface area contributed by atoms with E-state index >= 15 is 0 Å². The van der Waals surface area contributed by atoms with E-state index in [0.717, 1.165) is 26.1 Å². The molecule has 2 N–H and O–H groups in total. The molecule has 0 atom stereocenters. The molecule has 0 aromatic carbocycles. The van der Waals surface area contributed by atoms with Crippen LogP contribution in [0.5, 0.6) is 0 Å². The predicted octanol–water partition coefficient (Wildman–Crippen LogP) is 11.3. The van der Waals surface area contributed by atoms with E-state index in [1.54, 1.807) is 12.4 Å². The zero-order chi connectivity index (χ0) is 60.0. The van der Waals surface area contributed by atoms with Crippen LogP contribution < -0.4 is 5.48 Å². The van der Waals surface area contributed by atoms with E-state index in [1.165, 1.54) is 41.7 Å². The maximum atomic E-state index is 12.6. The molecule has 78 heavy (non-hydrogen) atoms. The second kappa shape index (κ2) is 30.6. The van der Waals surface area contributed by atoms with Gasteiger partial charge in [0, 0.05) is 121 Å². The number of rotatable bonds is 23. The quantitative estimate of drug-likeness (QED) is 0.0397. The summed E-state index contributed by atoms with van der Waals surface area (Å²) in [6, 6.07) is 0. The summed E-state index contributed by atoms with van der Waals surface area (Å²) in [6.07, 6.45) is -22.7. The van der Waals surface area contributed by atoms with Crippen molar-refractivity contribution in [1.29, 1.82) is 0 Å². The Bertz CT molecular complexity index is 2410. The van der Waals surface area contributed by atoms with Crippen LogP contribution in [0, 0.1) is 26.7 Å². The molecule has 0 aliphatic heterocycles. The molecule has 4 aromatic rings. The summed E-state index contributed by atoms with van der Waals surface area (Å²) < 4.78 is 247. The molecule has 0 aliphatic carbocycles. The highest BCUT2D eigenvalue weighted by atomic mass is 19.4. The first kappa shape index (κ1) is 72.8. The van der Waals surface area contributed by atoms with Gasteiger partial charge in [0.25, 0.3) is 11.9 Å². The lowest BCUT2D eigenvalue weighted by Gasteiger charge is -2.18. The summed E-state index contributed by atoms with van der Waals surface area (Å²) in [5, 5.41) is 13.5. The van der Waals surface area contributed by atoms with Crippen molar-refractivity contribution in [2.75, 3.05) is 5.48 Å². The highest BCUT2D eigenvalue weighted by molar-refractivity contribution is 5.79. The van der Waals surface area contributed by atoms with Gasteiger partial charge in [0.1, 0.15) is 5.82 Å². The lowest BCUT2D eigenvalue weighted by atomic mass is 10.1. The number of anilines is 1. The Labute approximate surface area is 422 Å². The summed E-state index contributed by atoms with van der Waals surface area (Å²) in [4.78, 5) is 93.7. The monoisotopic (exact) mass is 1170 g/mol. The number of carbonyl (C=O) groups is 4. The minimum atomic E-state index is -5.68. The first-order chi connectivity index (χ1) is 35.1. The zero-order valence-electron chi connectivity index (χ0n) is 38.3. The van der Waals surface area contributed by atoms with Gasteiger partial charge in [-0.1, -0.05) is 7.43 Å². The first-order valence-corrected chi connectivity index (χ1v) is 20.2. The van der Waals surface area contributed by atoms with Crippen molar-refractivity contribution in [3.05, 3.63) is 75.1 Å². The van der Waals surface area contributed by atoms with Crippen LogP contribution in [0.1, 0.15) is 64.6 Å². The fourth-order valence-electron chi connectivity index (χ4n) is 4.99. The van der Waals surface area contributed by atoms with Gasteiger partial charge >= 0.3 is 48.4 Å². The number of imidazole rings is 4. The van der Waals surface area contributed by atoms with Crippen molar-refractivity contribution in [3.8, 4) is 0 Å². The molecule has 0 radical (unpaired) electrons. The lowest BCUT2D eigenvalue weighted by Crippen LogP contribution is -2.36. The highest BCUT2D eigenvalue weighted by Gasteiger charge is 2.59. The number of hydrogen-bond acceptors (Lipinski definition) is 16. The van der Waals surface area contributed by atoms with Gasteiger partial charge < -0.3 is 18.3 Å². The fourth-order valence-corrected chi connectivity index (χ4v) is 4.99. The Morgan fingerprint density at radius 3 is 0.949 bits per heavy atom. The van der Waals surface area contributed by atoms with Crippen LogP contribution in [0.3, 0.4) is 0 Å². The van der Waals surface area contributed by atoms with Crippen molar-refractivity contribution < 1.29 is 112 Å².